The molecule has 4 aromatic heterocycles. The number of allylic oxidation sites excluding steroid dienone is 4. The minimum atomic E-state index is 0.234. The minimum Gasteiger partial charge on any atom is -0.333 e. The van der Waals surface area contributed by atoms with Crippen molar-refractivity contribution in [3.63, 3.8) is 0 Å². The first kappa shape index (κ1) is 33.4. The van der Waals surface area contributed by atoms with Crippen LogP contribution in [0.25, 0.3) is 104 Å². The summed E-state index contributed by atoms with van der Waals surface area (Å²) >= 11 is 0. The van der Waals surface area contributed by atoms with Crippen molar-refractivity contribution >= 4 is 65.2 Å². The first-order chi connectivity index (χ1) is 29.8. The minimum absolute atomic E-state index is 0.234. The lowest BCUT2D eigenvalue weighted by Gasteiger charge is -2.25. The van der Waals surface area contributed by atoms with E-state index in [1.807, 2.05) is 12.4 Å². The van der Waals surface area contributed by atoms with E-state index in [4.69, 9.17) is 9.97 Å². The van der Waals surface area contributed by atoms with E-state index in [9.17, 15) is 0 Å². The molecule has 0 aliphatic heterocycles. The number of benzene rings is 7. The van der Waals surface area contributed by atoms with E-state index < -0.39 is 0 Å². The molecular formula is C56H38N4. The van der Waals surface area contributed by atoms with Crippen LogP contribution in [0.4, 0.5) is 0 Å². The Bertz CT molecular complexity index is 3630. The van der Waals surface area contributed by atoms with E-state index >= 15 is 0 Å². The number of aryl methyl sites for hydroxylation is 2. The largest absolute Gasteiger partial charge is 0.333 e. The first-order valence-electron chi connectivity index (χ1n) is 21.0. The lowest BCUT2D eigenvalue weighted by molar-refractivity contribution is 0.645. The van der Waals surface area contributed by atoms with Gasteiger partial charge in [0.15, 0.2) is 0 Å². The van der Waals surface area contributed by atoms with Crippen LogP contribution in [0.3, 0.4) is 0 Å². The van der Waals surface area contributed by atoms with E-state index in [1.54, 1.807) is 0 Å². The van der Waals surface area contributed by atoms with Gasteiger partial charge in [-0.2, -0.15) is 0 Å². The lowest BCUT2D eigenvalue weighted by Crippen LogP contribution is -2.11. The Hall–Kier alpha value is -7.56. The monoisotopic (exact) mass is 766 g/mol. The highest BCUT2D eigenvalue weighted by Gasteiger charge is 2.27. The van der Waals surface area contributed by atoms with Gasteiger partial charge in [0.25, 0.3) is 0 Å². The van der Waals surface area contributed by atoms with Crippen molar-refractivity contribution < 1.29 is 0 Å². The molecule has 1 atom stereocenters. The summed E-state index contributed by atoms with van der Waals surface area (Å²) in [5.74, 6) is 0. The third-order valence-corrected chi connectivity index (χ3v) is 13.2. The zero-order chi connectivity index (χ0) is 39.3. The summed E-state index contributed by atoms with van der Waals surface area (Å²) in [6.07, 6.45) is 15.9. The second kappa shape index (κ2) is 13.0. The number of para-hydroxylation sites is 1. The van der Waals surface area contributed by atoms with Crippen LogP contribution < -0.4 is 0 Å². The third-order valence-electron chi connectivity index (χ3n) is 13.2. The number of rotatable bonds is 4. The average Bonchev–Trinajstić information content (AvgIpc) is 3.82. The van der Waals surface area contributed by atoms with Crippen LogP contribution >= 0.6 is 0 Å². The van der Waals surface area contributed by atoms with Crippen molar-refractivity contribution in [3.8, 4) is 39.3 Å². The molecule has 1 unspecified atom stereocenters. The molecule has 2 aliphatic rings. The molecule has 0 bridgehead atoms. The molecule has 0 N–H and O–H groups in total. The summed E-state index contributed by atoms with van der Waals surface area (Å²) in [7, 11) is 0. The van der Waals surface area contributed by atoms with Crippen LogP contribution in [0.5, 0.6) is 0 Å². The fourth-order valence-electron chi connectivity index (χ4n) is 10.5. The molecule has 0 fully saturated rings. The van der Waals surface area contributed by atoms with Gasteiger partial charge in [-0.15, -0.1) is 0 Å². The predicted octanol–water partition coefficient (Wildman–Crippen LogP) is 14.1. The summed E-state index contributed by atoms with van der Waals surface area (Å²) in [6, 6.07) is 56.1. The zero-order valence-electron chi connectivity index (χ0n) is 32.9. The number of aromatic nitrogens is 4. The number of nitrogens with zero attached hydrogens (tertiary/aromatic N) is 4. The van der Waals surface area contributed by atoms with E-state index in [1.165, 1.54) is 87.4 Å². The summed E-state index contributed by atoms with van der Waals surface area (Å²) in [6.45, 7) is 0. The topological polar surface area (TPSA) is 35.6 Å². The van der Waals surface area contributed by atoms with E-state index in [0.717, 1.165) is 47.5 Å². The van der Waals surface area contributed by atoms with Crippen LogP contribution in [0.1, 0.15) is 23.6 Å². The van der Waals surface area contributed by atoms with Gasteiger partial charge in [0.2, 0.25) is 0 Å². The van der Waals surface area contributed by atoms with E-state index in [2.05, 4.69) is 185 Å². The normalized spacial score (nSPS) is 14.8. The SMILES string of the molecule is C1=CCC(n2c3ccc(-c4nccc5ccccc45)cc3c3ccc4c(c32)CCc2cc3c5cc(-c6nccc7ccccc67)ccc5n(-c5ccccc5)c3cc2-4)C=C1. The van der Waals surface area contributed by atoms with Crippen LogP contribution in [-0.2, 0) is 12.8 Å². The second-order valence-electron chi connectivity index (χ2n) is 16.4. The Morgan fingerprint density at radius 3 is 1.87 bits per heavy atom. The van der Waals surface area contributed by atoms with E-state index in [0.29, 0.717) is 0 Å². The highest BCUT2D eigenvalue weighted by Crippen LogP contribution is 2.46. The van der Waals surface area contributed by atoms with Crippen LogP contribution in [0.15, 0.2) is 188 Å². The highest BCUT2D eigenvalue weighted by molar-refractivity contribution is 6.15. The van der Waals surface area contributed by atoms with Crippen molar-refractivity contribution in [2.24, 2.45) is 0 Å². The molecule has 2 aliphatic carbocycles. The molecule has 4 heterocycles. The standard InChI is InChI=1S/C56H38N4/c1-3-13-40(14-4-1)59-51-25-20-39(55-43-18-10-8-12-36(43)28-30-58-55)33-49(51)50-31-37-19-22-45-44(47(37)34-53(50)59)23-24-46-48-32-38(54-42-17-9-7-11-35(42)27-29-57-54)21-26-52(48)60(56(45)46)41-15-5-2-6-16-41/h1-15,17-18,20-21,23-34,41H,16,19,22H2. The summed E-state index contributed by atoms with van der Waals surface area (Å²) in [5, 5.41) is 9.88. The molecule has 4 nitrogen and oxygen atoms in total. The van der Waals surface area contributed by atoms with Crippen LogP contribution in [-0.4, -0.2) is 19.1 Å². The first-order valence-corrected chi connectivity index (χ1v) is 21.0. The quantitative estimate of drug-likeness (QED) is 0.179. The number of hydrogen-bond acceptors (Lipinski definition) is 2. The van der Waals surface area contributed by atoms with Gasteiger partial charge >= 0.3 is 0 Å². The molecule has 0 radical (unpaired) electrons. The van der Waals surface area contributed by atoms with Gasteiger partial charge in [0, 0.05) is 67.0 Å². The predicted molar refractivity (Wildman–Crippen MR) is 250 cm³/mol. The number of hydrogen-bond donors (Lipinski definition) is 0. The van der Waals surface area contributed by atoms with Gasteiger partial charge in [0.05, 0.1) is 34.0 Å². The van der Waals surface area contributed by atoms with Gasteiger partial charge in [-0.25, -0.2) is 0 Å². The van der Waals surface area contributed by atoms with Gasteiger partial charge in [-0.3, -0.25) is 9.97 Å². The van der Waals surface area contributed by atoms with Crippen molar-refractivity contribution in [1.29, 1.82) is 0 Å². The molecule has 0 saturated carbocycles. The van der Waals surface area contributed by atoms with Crippen molar-refractivity contribution in [1.82, 2.24) is 19.1 Å². The van der Waals surface area contributed by atoms with Crippen LogP contribution in [0.2, 0.25) is 0 Å². The molecule has 0 amide bonds. The Kier molecular flexibility index (Phi) is 7.23. The Labute approximate surface area is 347 Å². The smallest absolute Gasteiger partial charge is 0.0780 e. The van der Waals surface area contributed by atoms with Gasteiger partial charge in [-0.1, -0.05) is 115 Å². The third kappa shape index (κ3) is 4.91. The van der Waals surface area contributed by atoms with Crippen molar-refractivity contribution in [2.45, 2.75) is 25.3 Å². The lowest BCUT2D eigenvalue weighted by atomic mass is 9.83. The number of pyridine rings is 2. The molecule has 0 saturated heterocycles. The molecule has 0 spiro atoms. The molecule has 7 aromatic carbocycles. The molecule has 11 aromatic rings. The summed E-state index contributed by atoms with van der Waals surface area (Å²) < 4.78 is 5.09. The van der Waals surface area contributed by atoms with Crippen molar-refractivity contribution in [2.75, 3.05) is 0 Å². The Morgan fingerprint density at radius 2 is 1.15 bits per heavy atom. The highest BCUT2D eigenvalue weighted by atomic mass is 15.0. The fourth-order valence-corrected chi connectivity index (χ4v) is 10.5. The maximum Gasteiger partial charge on any atom is 0.0780 e. The zero-order valence-corrected chi connectivity index (χ0v) is 32.9. The maximum absolute atomic E-state index is 4.93. The maximum atomic E-state index is 4.93. The molecule has 60 heavy (non-hydrogen) atoms. The molecule has 4 heteroatoms. The van der Waals surface area contributed by atoms with Gasteiger partial charge in [0.1, 0.15) is 0 Å². The molecule has 282 valence electrons. The summed E-state index contributed by atoms with van der Waals surface area (Å²) in [5.41, 5.74) is 16.1. The van der Waals surface area contributed by atoms with Gasteiger partial charge in [-0.05, 0) is 113 Å². The summed E-state index contributed by atoms with van der Waals surface area (Å²) in [4.78, 5) is 9.84. The van der Waals surface area contributed by atoms with Gasteiger partial charge < -0.3 is 9.13 Å². The van der Waals surface area contributed by atoms with Crippen LogP contribution in [0, 0.1) is 0 Å². The average molecular weight is 767 g/mol. The second-order valence-corrected chi connectivity index (χ2v) is 16.4. The Morgan fingerprint density at radius 1 is 0.483 bits per heavy atom. The number of fused-ring (bicyclic) bond motifs is 12. The molecule has 13 rings (SSSR count). The fraction of sp³-hybridized carbons (Fsp3) is 0.0714. The van der Waals surface area contributed by atoms with Crippen molar-refractivity contribution in [3.05, 3.63) is 199 Å². The Balaban J connectivity index is 1.05. The van der Waals surface area contributed by atoms with E-state index in [-0.39, 0.29) is 6.04 Å². The molecular weight excluding hydrogens is 729 g/mol.